The second-order valence-corrected chi connectivity index (χ2v) is 6.02. The standard InChI is InChI=1S/C19H23NO3.CH4O/c1-20-9-8-14-11-19(23-3)18(21)12-16(14)17(20)10-13-4-6-15(22-2)7-5-13;1-2/h4-7,11-12,17,21H,8-10H2,1-3H3;2H,1H3. The first-order valence-electron chi connectivity index (χ1n) is 8.30. The second kappa shape index (κ2) is 8.74. The lowest BCUT2D eigenvalue weighted by Crippen LogP contribution is -2.33. The highest BCUT2D eigenvalue weighted by molar-refractivity contribution is 5.49. The van der Waals surface area contributed by atoms with Crippen molar-refractivity contribution in [3.8, 4) is 17.2 Å². The maximum Gasteiger partial charge on any atom is 0.160 e. The average molecular weight is 345 g/mol. The number of benzene rings is 2. The third-order valence-corrected chi connectivity index (χ3v) is 4.65. The van der Waals surface area contributed by atoms with Crippen LogP contribution in [-0.4, -0.2) is 50.0 Å². The highest BCUT2D eigenvalue weighted by Crippen LogP contribution is 2.38. The third-order valence-electron chi connectivity index (χ3n) is 4.65. The van der Waals surface area contributed by atoms with Crippen molar-refractivity contribution >= 4 is 0 Å². The fraction of sp³-hybridized carbons (Fsp3) is 0.400. The summed E-state index contributed by atoms with van der Waals surface area (Å²) in [5.41, 5.74) is 3.70. The minimum absolute atomic E-state index is 0.210. The van der Waals surface area contributed by atoms with Gasteiger partial charge >= 0.3 is 0 Å². The molecule has 1 heterocycles. The maximum absolute atomic E-state index is 10.1. The van der Waals surface area contributed by atoms with E-state index in [4.69, 9.17) is 14.6 Å². The Labute approximate surface area is 149 Å². The van der Waals surface area contributed by atoms with Gasteiger partial charge in [-0.15, -0.1) is 0 Å². The quantitative estimate of drug-likeness (QED) is 0.892. The molecule has 2 aromatic carbocycles. The van der Waals surface area contributed by atoms with Gasteiger partial charge in [-0.3, -0.25) is 4.90 Å². The van der Waals surface area contributed by atoms with E-state index in [-0.39, 0.29) is 11.8 Å². The molecule has 25 heavy (non-hydrogen) atoms. The molecule has 0 radical (unpaired) electrons. The van der Waals surface area contributed by atoms with Crippen molar-refractivity contribution in [2.24, 2.45) is 0 Å². The van der Waals surface area contributed by atoms with Crippen molar-refractivity contribution in [2.45, 2.75) is 18.9 Å². The van der Waals surface area contributed by atoms with Crippen LogP contribution in [0.15, 0.2) is 36.4 Å². The Hall–Kier alpha value is -2.24. The van der Waals surface area contributed by atoms with Crippen LogP contribution < -0.4 is 9.47 Å². The molecular formula is C20H27NO4. The van der Waals surface area contributed by atoms with Crippen LogP contribution >= 0.6 is 0 Å². The van der Waals surface area contributed by atoms with E-state index < -0.39 is 0 Å². The molecule has 136 valence electrons. The maximum atomic E-state index is 10.1. The van der Waals surface area contributed by atoms with Gasteiger partial charge in [0.05, 0.1) is 14.2 Å². The number of nitrogens with zero attached hydrogens (tertiary/aromatic N) is 1. The normalized spacial score (nSPS) is 16.4. The van der Waals surface area contributed by atoms with Gasteiger partial charge < -0.3 is 19.7 Å². The molecule has 1 aliphatic heterocycles. The molecule has 1 unspecified atom stereocenters. The molecular weight excluding hydrogens is 318 g/mol. The van der Waals surface area contributed by atoms with E-state index in [0.29, 0.717) is 5.75 Å². The van der Waals surface area contributed by atoms with Crippen molar-refractivity contribution < 1.29 is 19.7 Å². The number of methoxy groups -OCH3 is 2. The van der Waals surface area contributed by atoms with Crippen molar-refractivity contribution in [1.29, 1.82) is 0 Å². The highest BCUT2D eigenvalue weighted by atomic mass is 16.5. The van der Waals surface area contributed by atoms with E-state index in [9.17, 15) is 5.11 Å². The Morgan fingerprint density at radius 3 is 2.36 bits per heavy atom. The molecule has 0 fully saturated rings. The number of phenols is 1. The van der Waals surface area contributed by atoms with E-state index in [1.54, 1.807) is 14.2 Å². The second-order valence-electron chi connectivity index (χ2n) is 6.02. The van der Waals surface area contributed by atoms with E-state index in [1.165, 1.54) is 16.7 Å². The summed E-state index contributed by atoms with van der Waals surface area (Å²) in [6, 6.07) is 12.3. The van der Waals surface area contributed by atoms with Crippen LogP contribution in [-0.2, 0) is 12.8 Å². The molecule has 0 spiro atoms. The Morgan fingerprint density at radius 1 is 1.08 bits per heavy atom. The summed E-state index contributed by atoms with van der Waals surface area (Å²) in [5, 5.41) is 17.1. The number of phenolic OH excluding ortho intramolecular Hbond substituents is 1. The van der Waals surface area contributed by atoms with E-state index in [0.717, 1.165) is 32.2 Å². The van der Waals surface area contributed by atoms with Gasteiger partial charge in [0.25, 0.3) is 0 Å². The van der Waals surface area contributed by atoms with Crippen molar-refractivity contribution in [2.75, 3.05) is 34.9 Å². The molecule has 0 aromatic heterocycles. The van der Waals surface area contributed by atoms with Crippen molar-refractivity contribution in [1.82, 2.24) is 4.90 Å². The Kier molecular flexibility index (Phi) is 6.67. The van der Waals surface area contributed by atoms with Crippen LogP contribution in [0.5, 0.6) is 17.2 Å². The topological polar surface area (TPSA) is 62.2 Å². The van der Waals surface area contributed by atoms with E-state index in [1.807, 2.05) is 24.3 Å². The van der Waals surface area contributed by atoms with Gasteiger partial charge in [-0.25, -0.2) is 0 Å². The third kappa shape index (κ3) is 4.24. The largest absolute Gasteiger partial charge is 0.504 e. The highest BCUT2D eigenvalue weighted by Gasteiger charge is 2.26. The summed E-state index contributed by atoms with van der Waals surface area (Å²) in [4.78, 5) is 2.35. The molecule has 0 saturated carbocycles. The molecule has 3 rings (SSSR count). The molecule has 2 N–H and O–H groups in total. The van der Waals surface area contributed by atoms with Crippen LogP contribution in [0.2, 0.25) is 0 Å². The molecule has 1 atom stereocenters. The van der Waals surface area contributed by atoms with E-state index >= 15 is 0 Å². The minimum Gasteiger partial charge on any atom is -0.504 e. The van der Waals surface area contributed by atoms with Gasteiger partial charge in [0.1, 0.15) is 5.75 Å². The van der Waals surface area contributed by atoms with Crippen LogP contribution in [0.25, 0.3) is 0 Å². The summed E-state index contributed by atoms with van der Waals surface area (Å²) >= 11 is 0. The summed E-state index contributed by atoms with van der Waals surface area (Å²) in [6.07, 6.45) is 1.88. The SMILES string of the molecule is CO.COc1ccc(CC2c3cc(O)c(OC)cc3CCN2C)cc1. The molecule has 0 amide bonds. The Balaban J connectivity index is 0.00000109. The lowest BCUT2D eigenvalue weighted by atomic mass is 9.88. The number of hydrogen-bond donors (Lipinski definition) is 2. The number of ether oxygens (including phenoxy) is 2. The van der Waals surface area contributed by atoms with Crippen molar-refractivity contribution in [3.63, 3.8) is 0 Å². The first-order valence-corrected chi connectivity index (χ1v) is 8.30. The lowest BCUT2D eigenvalue weighted by Gasteiger charge is -2.35. The summed E-state index contributed by atoms with van der Waals surface area (Å²) in [7, 11) is 6.40. The zero-order valence-electron chi connectivity index (χ0n) is 15.3. The molecule has 5 heteroatoms. The molecule has 2 aromatic rings. The molecule has 0 saturated heterocycles. The first kappa shape index (κ1) is 19.1. The summed E-state index contributed by atoms with van der Waals surface area (Å²) < 4.78 is 10.5. The number of fused-ring (bicyclic) bond motifs is 1. The van der Waals surface area contributed by atoms with E-state index in [2.05, 4.69) is 24.1 Å². The molecule has 5 nitrogen and oxygen atoms in total. The zero-order valence-corrected chi connectivity index (χ0v) is 15.3. The van der Waals surface area contributed by atoms with Gasteiger partial charge in [0.2, 0.25) is 0 Å². The number of rotatable bonds is 4. The summed E-state index contributed by atoms with van der Waals surface area (Å²) in [5.74, 6) is 1.63. The summed E-state index contributed by atoms with van der Waals surface area (Å²) in [6.45, 7) is 1.00. The average Bonchev–Trinajstić information content (AvgIpc) is 2.66. The van der Waals surface area contributed by atoms with Gasteiger partial charge in [-0.1, -0.05) is 12.1 Å². The van der Waals surface area contributed by atoms with Crippen molar-refractivity contribution in [3.05, 3.63) is 53.1 Å². The first-order chi connectivity index (χ1) is 12.1. The number of aromatic hydroxyl groups is 1. The fourth-order valence-corrected chi connectivity index (χ4v) is 3.26. The lowest BCUT2D eigenvalue weighted by molar-refractivity contribution is 0.228. The van der Waals surface area contributed by atoms with Gasteiger partial charge in [-0.05, 0) is 60.8 Å². The van der Waals surface area contributed by atoms with Gasteiger partial charge in [-0.2, -0.15) is 0 Å². The van der Waals surface area contributed by atoms with Crippen LogP contribution in [0, 0.1) is 0 Å². The zero-order chi connectivity index (χ0) is 18.4. The number of aliphatic hydroxyl groups is 1. The van der Waals surface area contributed by atoms with Crippen LogP contribution in [0.4, 0.5) is 0 Å². The molecule has 0 bridgehead atoms. The smallest absolute Gasteiger partial charge is 0.160 e. The monoisotopic (exact) mass is 345 g/mol. The number of aliphatic hydroxyl groups excluding tert-OH is 1. The Morgan fingerprint density at radius 2 is 1.76 bits per heavy atom. The fourth-order valence-electron chi connectivity index (χ4n) is 3.26. The van der Waals surface area contributed by atoms with Gasteiger partial charge in [0, 0.05) is 19.7 Å². The Bertz CT molecular complexity index is 685. The van der Waals surface area contributed by atoms with Gasteiger partial charge in [0.15, 0.2) is 11.5 Å². The molecule has 1 aliphatic rings. The molecule has 0 aliphatic carbocycles. The van der Waals surface area contributed by atoms with Crippen LogP contribution in [0.1, 0.15) is 22.7 Å². The number of likely N-dealkylation sites (N-methyl/N-ethyl adjacent to an activating group) is 1. The minimum atomic E-state index is 0.210. The predicted molar refractivity (Wildman–Crippen MR) is 98.6 cm³/mol. The van der Waals surface area contributed by atoms with Crippen LogP contribution in [0.3, 0.4) is 0 Å². The number of hydrogen-bond acceptors (Lipinski definition) is 5. The predicted octanol–water partition coefficient (Wildman–Crippen LogP) is 2.79.